The van der Waals surface area contributed by atoms with Gasteiger partial charge in [0, 0.05) is 38.3 Å². The molecule has 7 nitrogen and oxygen atoms in total. The molecule has 0 saturated carbocycles. The van der Waals surface area contributed by atoms with Crippen molar-refractivity contribution in [3.8, 4) is 0 Å². The fourth-order valence-corrected chi connectivity index (χ4v) is 2.48. The summed E-state index contributed by atoms with van der Waals surface area (Å²) < 4.78 is 5.05. The van der Waals surface area contributed by atoms with Gasteiger partial charge in [-0.1, -0.05) is 6.92 Å². The standard InChI is InChI=1S/C16H27N5O2/c1-5-12(3)17-14-11-15(19-13(4)18-14)20-7-9-21(10-8-20)16(22)23-6-2/h11-12H,5-10H2,1-4H3,(H,17,18,19). The smallest absolute Gasteiger partial charge is 0.409 e. The second kappa shape index (κ2) is 7.99. The van der Waals surface area contributed by atoms with E-state index >= 15 is 0 Å². The first-order valence-electron chi connectivity index (χ1n) is 8.32. The quantitative estimate of drug-likeness (QED) is 0.897. The molecule has 128 valence electrons. The summed E-state index contributed by atoms with van der Waals surface area (Å²) >= 11 is 0. The number of aryl methyl sites for hydroxylation is 1. The molecule has 1 aliphatic heterocycles. The van der Waals surface area contributed by atoms with Gasteiger partial charge in [-0.2, -0.15) is 0 Å². The van der Waals surface area contributed by atoms with Gasteiger partial charge in [-0.25, -0.2) is 14.8 Å². The normalized spacial score (nSPS) is 16.2. The summed E-state index contributed by atoms with van der Waals surface area (Å²) in [6.45, 7) is 11.2. The number of piperazine rings is 1. The van der Waals surface area contributed by atoms with Crippen LogP contribution in [0.3, 0.4) is 0 Å². The fourth-order valence-electron chi connectivity index (χ4n) is 2.48. The van der Waals surface area contributed by atoms with Gasteiger partial charge in [-0.15, -0.1) is 0 Å². The van der Waals surface area contributed by atoms with Gasteiger partial charge in [0.2, 0.25) is 0 Å². The lowest BCUT2D eigenvalue weighted by Gasteiger charge is -2.34. The number of amides is 1. The Labute approximate surface area is 138 Å². The zero-order valence-corrected chi connectivity index (χ0v) is 14.5. The first-order chi connectivity index (χ1) is 11.0. The maximum atomic E-state index is 11.8. The second-order valence-corrected chi connectivity index (χ2v) is 5.79. The van der Waals surface area contributed by atoms with Crippen LogP contribution in [0.5, 0.6) is 0 Å². The molecule has 23 heavy (non-hydrogen) atoms. The number of hydrogen-bond donors (Lipinski definition) is 1. The average Bonchev–Trinajstić information content (AvgIpc) is 2.54. The summed E-state index contributed by atoms with van der Waals surface area (Å²) in [5.41, 5.74) is 0. The molecule has 0 aromatic carbocycles. The molecule has 1 aromatic heterocycles. The molecule has 1 saturated heterocycles. The molecule has 1 unspecified atom stereocenters. The van der Waals surface area contributed by atoms with E-state index in [9.17, 15) is 4.79 Å². The highest BCUT2D eigenvalue weighted by molar-refractivity contribution is 5.68. The van der Waals surface area contributed by atoms with Crippen LogP contribution < -0.4 is 10.2 Å². The van der Waals surface area contributed by atoms with Gasteiger partial charge in [0.1, 0.15) is 17.5 Å². The Kier molecular flexibility index (Phi) is 6.01. The molecule has 2 rings (SSSR count). The van der Waals surface area contributed by atoms with Crippen LogP contribution in [0.4, 0.5) is 16.4 Å². The van der Waals surface area contributed by atoms with E-state index in [0.29, 0.717) is 25.7 Å². The largest absolute Gasteiger partial charge is 0.450 e. The van der Waals surface area contributed by atoms with Crippen molar-refractivity contribution in [3.05, 3.63) is 11.9 Å². The topological polar surface area (TPSA) is 70.6 Å². The van der Waals surface area contributed by atoms with E-state index in [0.717, 1.165) is 37.0 Å². The van der Waals surface area contributed by atoms with Crippen LogP contribution >= 0.6 is 0 Å². The first-order valence-corrected chi connectivity index (χ1v) is 8.32. The summed E-state index contributed by atoms with van der Waals surface area (Å²) in [4.78, 5) is 24.7. The first kappa shape index (κ1) is 17.3. The van der Waals surface area contributed by atoms with Gasteiger partial charge in [-0.05, 0) is 27.2 Å². The number of nitrogens with one attached hydrogen (secondary N) is 1. The number of carbonyl (C=O) groups is 1. The van der Waals surface area contributed by atoms with Gasteiger partial charge in [0.05, 0.1) is 6.61 Å². The fraction of sp³-hybridized carbons (Fsp3) is 0.688. The van der Waals surface area contributed by atoms with E-state index in [2.05, 4.69) is 34.0 Å². The van der Waals surface area contributed by atoms with E-state index in [4.69, 9.17) is 4.74 Å². The minimum atomic E-state index is -0.231. The van der Waals surface area contributed by atoms with Crippen LogP contribution in [-0.2, 0) is 4.74 Å². The van der Waals surface area contributed by atoms with Crippen LogP contribution in [0.2, 0.25) is 0 Å². The minimum Gasteiger partial charge on any atom is -0.450 e. The van der Waals surface area contributed by atoms with Crippen LogP contribution in [0.25, 0.3) is 0 Å². The van der Waals surface area contributed by atoms with Crippen molar-refractivity contribution >= 4 is 17.7 Å². The lowest BCUT2D eigenvalue weighted by Crippen LogP contribution is -2.49. The lowest BCUT2D eigenvalue weighted by atomic mass is 10.2. The van der Waals surface area contributed by atoms with Crippen LogP contribution in [0.1, 0.15) is 33.0 Å². The molecule has 0 spiro atoms. The van der Waals surface area contributed by atoms with Gasteiger partial charge in [0.15, 0.2) is 0 Å². The summed E-state index contributed by atoms with van der Waals surface area (Å²) in [5, 5.41) is 3.39. The van der Waals surface area contributed by atoms with Crippen molar-refractivity contribution in [1.29, 1.82) is 0 Å². The lowest BCUT2D eigenvalue weighted by molar-refractivity contribution is 0.105. The molecule has 1 amide bonds. The SMILES string of the molecule is CCOC(=O)N1CCN(c2cc(NC(C)CC)nc(C)n2)CC1. The highest BCUT2D eigenvalue weighted by Crippen LogP contribution is 2.19. The molecule has 1 aromatic rings. The number of ether oxygens (including phenoxy) is 1. The van der Waals surface area contributed by atoms with Gasteiger partial charge in [-0.3, -0.25) is 0 Å². The number of rotatable bonds is 5. The second-order valence-electron chi connectivity index (χ2n) is 5.79. The Morgan fingerprint density at radius 1 is 1.30 bits per heavy atom. The molecule has 7 heteroatoms. The minimum absolute atomic E-state index is 0.231. The summed E-state index contributed by atoms with van der Waals surface area (Å²) in [7, 11) is 0. The monoisotopic (exact) mass is 321 g/mol. The van der Waals surface area contributed by atoms with Crippen molar-refractivity contribution < 1.29 is 9.53 Å². The summed E-state index contributed by atoms with van der Waals surface area (Å²) in [5.74, 6) is 2.52. The van der Waals surface area contributed by atoms with E-state index in [-0.39, 0.29) is 6.09 Å². The average molecular weight is 321 g/mol. The van der Waals surface area contributed by atoms with Gasteiger partial charge < -0.3 is 19.9 Å². The number of carbonyl (C=O) groups excluding carboxylic acids is 1. The van der Waals surface area contributed by atoms with Crippen LogP contribution in [-0.4, -0.2) is 59.8 Å². The molecule has 1 atom stereocenters. The van der Waals surface area contributed by atoms with Crippen molar-refractivity contribution in [2.45, 2.75) is 40.2 Å². The Balaban J connectivity index is 2.01. The Morgan fingerprint density at radius 3 is 2.61 bits per heavy atom. The number of hydrogen-bond acceptors (Lipinski definition) is 6. The van der Waals surface area contributed by atoms with E-state index in [1.807, 2.05) is 19.9 Å². The molecule has 0 radical (unpaired) electrons. The van der Waals surface area contributed by atoms with Crippen LogP contribution in [0, 0.1) is 6.92 Å². The third kappa shape index (κ3) is 4.71. The zero-order chi connectivity index (χ0) is 16.8. The Bertz CT molecular complexity index is 529. The zero-order valence-electron chi connectivity index (χ0n) is 14.5. The Hall–Kier alpha value is -2.05. The molecule has 1 fully saturated rings. The van der Waals surface area contributed by atoms with E-state index in [1.54, 1.807) is 4.90 Å². The molecular weight excluding hydrogens is 294 g/mol. The molecule has 1 aliphatic rings. The van der Waals surface area contributed by atoms with E-state index < -0.39 is 0 Å². The molecule has 1 N–H and O–H groups in total. The maximum Gasteiger partial charge on any atom is 0.409 e. The number of anilines is 2. The third-order valence-corrected chi connectivity index (χ3v) is 3.96. The molecule has 2 heterocycles. The highest BCUT2D eigenvalue weighted by atomic mass is 16.6. The van der Waals surface area contributed by atoms with Crippen molar-refractivity contribution in [2.24, 2.45) is 0 Å². The number of aromatic nitrogens is 2. The Morgan fingerprint density at radius 2 is 2.00 bits per heavy atom. The highest BCUT2D eigenvalue weighted by Gasteiger charge is 2.23. The molecule has 0 bridgehead atoms. The van der Waals surface area contributed by atoms with Gasteiger partial charge >= 0.3 is 6.09 Å². The van der Waals surface area contributed by atoms with Gasteiger partial charge in [0.25, 0.3) is 0 Å². The molecular formula is C16H27N5O2. The maximum absolute atomic E-state index is 11.8. The van der Waals surface area contributed by atoms with Crippen molar-refractivity contribution in [2.75, 3.05) is 43.0 Å². The number of nitrogens with zero attached hydrogens (tertiary/aromatic N) is 4. The third-order valence-electron chi connectivity index (χ3n) is 3.96. The summed E-state index contributed by atoms with van der Waals surface area (Å²) in [6.07, 6.45) is 0.807. The predicted octanol–water partition coefficient (Wildman–Crippen LogP) is 2.27. The van der Waals surface area contributed by atoms with Crippen molar-refractivity contribution in [3.63, 3.8) is 0 Å². The summed E-state index contributed by atoms with van der Waals surface area (Å²) in [6, 6.07) is 2.36. The predicted molar refractivity (Wildman–Crippen MR) is 91.0 cm³/mol. The van der Waals surface area contributed by atoms with Crippen molar-refractivity contribution in [1.82, 2.24) is 14.9 Å². The van der Waals surface area contributed by atoms with E-state index in [1.165, 1.54) is 0 Å². The molecule has 0 aliphatic carbocycles. The van der Waals surface area contributed by atoms with Crippen LogP contribution in [0.15, 0.2) is 6.07 Å².